The van der Waals surface area contributed by atoms with E-state index in [2.05, 4.69) is 49.4 Å². The maximum atomic E-state index is 13.3. The lowest BCUT2D eigenvalue weighted by Gasteiger charge is -2.26. The number of amides is 1. The quantitative estimate of drug-likeness (QED) is 0.633. The van der Waals surface area contributed by atoms with Gasteiger partial charge in [0.15, 0.2) is 0 Å². The fourth-order valence-corrected chi connectivity index (χ4v) is 4.09. The summed E-state index contributed by atoms with van der Waals surface area (Å²) in [6.45, 7) is 2.17. The van der Waals surface area contributed by atoms with Gasteiger partial charge in [-0.05, 0) is 35.1 Å². The number of carbonyl (C=O) groups is 1. The van der Waals surface area contributed by atoms with E-state index in [9.17, 15) is 4.79 Å². The molecule has 0 saturated heterocycles. The van der Waals surface area contributed by atoms with E-state index in [-0.39, 0.29) is 17.7 Å². The van der Waals surface area contributed by atoms with Gasteiger partial charge in [-0.3, -0.25) is 4.79 Å². The number of fused-ring (bicyclic) bond motifs is 1. The Morgan fingerprint density at radius 1 is 0.885 bits per heavy atom. The molecule has 0 N–H and O–H groups in total. The van der Waals surface area contributed by atoms with Crippen LogP contribution in [0.25, 0.3) is 11.1 Å². The molecule has 26 heavy (non-hydrogen) atoms. The van der Waals surface area contributed by atoms with Crippen LogP contribution in [-0.2, 0) is 11.2 Å². The van der Waals surface area contributed by atoms with Crippen LogP contribution in [-0.4, -0.2) is 13.0 Å². The number of nitrogens with zero attached hydrogens (tertiary/aromatic N) is 1. The third-order valence-electron chi connectivity index (χ3n) is 5.59. The van der Waals surface area contributed by atoms with Crippen molar-refractivity contribution in [3.05, 3.63) is 90.0 Å². The third-order valence-corrected chi connectivity index (χ3v) is 5.59. The van der Waals surface area contributed by atoms with Gasteiger partial charge >= 0.3 is 0 Å². The van der Waals surface area contributed by atoms with Gasteiger partial charge < -0.3 is 4.90 Å². The molecule has 0 fully saturated rings. The Balaban J connectivity index is 1.65. The highest BCUT2D eigenvalue weighted by Gasteiger charge is 2.36. The van der Waals surface area contributed by atoms with Gasteiger partial charge in [-0.15, -0.1) is 0 Å². The SMILES string of the molecule is CC1c2ccccc2CC1C(=O)N(C)c1ccccc1-c1ccccc1. The molecule has 130 valence electrons. The van der Waals surface area contributed by atoms with Crippen LogP contribution >= 0.6 is 0 Å². The number of para-hydroxylation sites is 1. The minimum Gasteiger partial charge on any atom is -0.315 e. The summed E-state index contributed by atoms with van der Waals surface area (Å²) in [4.78, 5) is 15.2. The lowest BCUT2D eigenvalue weighted by Crippen LogP contribution is -2.34. The first-order chi connectivity index (χ1) is 12.7. The molecule has 2 nitrogen and oxygen atoms in total. The summed E-state index contributed by atoms with van der Waals surface area (Å²) in [6, 6.07) is 26.8. The van der Waals surface area contributed by atoms with Crippen molar-refractivity contribution in [2.75, 3.05) is 11.9 Å². The fraction of sp³-hybridized carbons (Fsp3) is 0.208. The van der Waals surface area contributed by atoms with Crippen LogP contribution in [0.2, 0.25) is 0 Å². The van der Waals surface area contributed by atoms with Crippen molar-refractivity contribution in [1.82, 2.24) is 0 Å². The fourth-order valence-electron chi connectivity index (χ4n) is 4.09. The maximum absolute atomic E-state index is 13.3. The summed E-state index contributed by atoms with van der Waals surface area (Å²) in [5.74, 6) is 0.448. The van der Waals surface area contributed by atoms with Crippen molar-refractivity contribution < 1.29 is 4.79 Å². The summed E-state index contributed by atoms with van der Waals surface area (Å²) in [5.41, 5.74) is 5.81. The zero-order chi connectivity index (χ0) is 18.1. The van der Waals surface area contributed by atoms with Gasteiger partial charge in [0.1, 0.15) is 0 Å². The molecule has 4 rings (SSSR count). The molecule has 0 bridgehead atoms. The topological polar surface area (TPSA) is 20.3 Å². The Morgan fingerprint density at radius 2 is 1.54 bits per heavy atom. The van der Waals surface area contributed by atoms with Crippen molar-refractivity contribution in [2.24, 2.45) is 5.92 Å². The lowest BCUT2D eigenvalue weighted by molar-refractivity contribution is -0.122. The standard InChI is InChI=1S/C24H23NO/c1-17-20-13-7-6-12-19(20)16-22(17)24(26)25(2)23-15-9-8-14-21(23)18-10-4-3-5-11-18/h3-15,17,22H,16H2,1-2H3. The first-order valence-corrected chi connectivity index (χ1v) is 9.16. The van der Waals surface area contributed by atoms with Crippen molar-refractivity contribution >= 4 is 11.6 Å². The molecule has 0 aliphatic heterocycles. The van der Waals surface area contributed by atoms with Crippen LogP contribution in [0, 0.1) is 5.92 Å². The minimum absolute atomic E-state index is 0.00114. The van der Waals surface area contributed by atoms with Crippen LogP contribution in [0.5, 0.6) is 0 Å². The Labute approximate surface area is 155 Å². The molecule has 0 aromatic heterocycles. The highest BCUT2D eigenvalue weighted by molar-refractivity contribution is 5.99. The van der Waals surface area contributed by atoms with E-state index in [1.54, 1.807) is 0 Å². The van der Waals surface area contributed by atoms with Crippen LogP contribution in [0.15, 0.2) is 78.9 Å². The Bertz CT molecular complexity index is 932. The molecule has 2 atom stereocenters. The molecule has 0 heterocycles. The normalized spacial score (nSPS) is 18.4. The monoisotopic (exact) mass is 341 g/mol. The first-order valence-electron chi connectivity index (χ1n) is 9.16. The van der Waals surface area contributed by atoms with Gasteiger partial charge in [0, 0.05) is 18.5 Å². The third kappa shape index (κ3) is 2.82. The molecule has 3 aromatic rings. The van der Waals surface area contributed by atoms with E-state index in [0.717, 1.165) is 23.2 Å². The highest BCUT2D eigenvalue weighted by Crippen LogP contribution is 2.40. The Kier molecular flexibility index (Phi) is 4.34. The number of hydrogen-bond acceptors (Lipinski definition) is 1. The van der Waals surface area contributed by atoms with E-state index in [4.69, 9.17) is 0 Å². The summed E-state index contributed by atoms with van der Waals surface area (Å²) in [6.07, 6.45) is 0.827. The van der Waals surface area contributed by atoms with Gasteiger partial charge in [0.2, 0.25) is 5.91 Å². The number of hydrogen-bond donors (Lipinski definition) is 0. The van der Waals surface area contributed by atoms with Crippen molar-refractivity contribution in [3.8, 4) is 11.1 Å². The van der Waals surface area contributed by atoms with Gasteiger partial charge in [0.05, 0.1) is 5.69 Å². The van der Waals surface area contributed by atoms with Gasteiger partial charge in [-0.1, -0.05) is 79.7 Å². The number of carbonyl (C=O) groups excluding carboxylic acids is 1. The van der Waals surface area contributed by atoms with Crippen molar-refractivity contribution in [2.45, 2.75) is 19.3 Å². The summed E-state index contributed by atoms with van der Waals surface area (Å²) < 4.78 is 0. The zero-order valence-electron chi connectivity index (χ0n) is 15.2. The number of benzene rings is 3. The second-order valence-electron chi connectivity index (χ2n) is 7.08. The second-order valence-corrected chi connectivity index (χ2v) is 7.08. The minimum atomic E-state index is 0.00114. The molecular weight excluding hydrogens is 318 g/mol. The van der Waals surface area contributed by atoms with Crippen LogP contribution in [0.4, 0.5) is 5.69 Å². The molecule has 1 amide bonds. The molecule has 0 radical (unpaired) electrons. The number of anilines is 1. The highest BCUT2D eigenvalue weighted by atomic mass is 16.2. The van der Waals surface area contributed by atoms with Crippen molar-refractivity contribution in [3.63, 3.8) is 0 Å². The molecule has 0 spiro atoms. The van der Waals surface area contributed by atoms with Crippen molar-refractivity contribution in [1.29, 1.82) is 0 Å². The molecule has 3 aromatic carbocycles. The smallest absolute Gasteiger partial charge is 0.230 e. The second kappa shape index (κ2) is 6.80. The molecule has 1 aliphatic rings. The van der Waals surface area contributed by atoms with Gasteiger partial charge in [0.25, 0.3) is 0 Å². The predicted octanol–water partition coefficient (Wildman–Crippen LogP) is 5.29. The molecule has 0 saturated carbocycles. The van der Waals surface area contributed by atoms with Gasteiger partial charge in [-0.2, -0.15) is 0 Å². The van der Waals surface area contributed by atoms with Crippen LogP contribution < -0.4 is 4.90 Å². The predicted molar refractivity (Wildman–Crippen MR) is 107 cm³/mol. The van der Waals surface area contributed by atoms with E-state index in [1.165, 1.54) is 11.1 Å². The Hall–Kier alpha value is -2.87. The summed E-state index contributed by atoms with van der Waals surface area (Å²) in [7, 11) is 1.90. The molecule has 1 aliphatic carbocycles. The van der Waals surface area contributed by atoms with E-state index >= 15 is 0 Å². The van der Waals surface area contributed by atoms with E-state index in [0.29, 0.717) is 0 Å². The maximum Gasteiger partial charge on any atom is 0.230 e. The Morgan fingerprint density at radius 3 is 2.31 bits per heavy atom. The first kappa shape index (κ1) is 16.6. The van der Waals surface area contributed by atoms with Crippen LogP contribution in [0.1, 0.15) is 24.0 Å². The average Bonchev–Trinajstić information content (AvgIpc) is 3.04. The van der Waals surface area contributed by atoms with E-state index in [1.807, 2.05) is 48.3 Å². The van der Waals surface area contributed by atoms with Crippen LogP contribution in [0.3, 0.4) is 0 Å². The summed E-state index contributed by atoms with van der Waals surface area (Å²) >= 11 is 0. The molecule has 2 heteroatoms. The lowest BCUT2D eigenvalue weighted by atomic mass is 9.93. The number of rotatable bonds is 3. The largest absolute Gasteiger partial charge is 0.315 e. The van der Waals surface area contributed by atoms with Gasteiger partial charge in [-0.25, -0.2) is 0 Å². The zero-order valence-corrected chi connectivity index (χ0v) is 15.2. The van der Waals surface area contributed by atoms with E-state index < -0.39 is 0 Å². The average molecular weight is 341 g/mol. The molecule has 2 unspecified atom stereocenters. The summed E-state index contributed by atoms with van der Waals surface area (Å²) in [5, 5.41) is 0. The molecular formula is C24H23NO.